The zero-order valence-corrected chi connectivity index (χ0v) is 17.5. The smallest absolute Gasteiger partial charge is 0.255 e. The number of pyridine rings is 1. The number of anilines is 2. The quantitative estimate of drug-likeness (QED) is 0.642. The van der Waals surface area contributed by atoms with Gasteiger partial charge in [-0.1, -0.05) is 30.5 Å². The fourth-order valence-electron chi connectivity index (χ4n) is 4.32. The molecule has 1 aliphatic carbocycles. The molecule has 2 aliphatic rings. The van der Waals surface area contributed by atoms with Crippen LogP contribution in [0, 0.1) is 11.6 Å². The minimum atomic E-state index is -0.706. The number of halogens is 2. The molecule has 31 heavy (non-hydrogen) atoms. The van der Waals surface area contributed by atoms with Crippen LogP contribution in [0.1, 0.15) is 60.5 Å². The van der Waals surface area contributed by atoms with Gasteiger partial charge in [0.2, 0.25) is 0 Å². The van der Waals surface area contributed by atoms with Gasteiger partial charge in [0.25, 0.3) is 5.91 Å². The number of hydrogen-bond donors (Lipinski definition) is 3. The predicted octanol–water partition coefficient (Wildman–Crippen LogP) is 3.98. The van der Waals surface area contributed by atoms with E-state index in [1.807, 2.05) is 6.92 Å². The lowest BCUT2D eigenvalue weighted by Gasteiger charge is -2.26. The first-order chi connectivity index (χ1) is 15.0. The minimum absolute atomic E-state index is 0.189. The molecule has 0 bridgehead atoms. The highest BCUT2D eigenvalue weighted by atomic mass is 19.1. The van der Waals surface area contributed by atoms with Gasteiger partial charge in [0, 0.05) is 36.5 Å². The topological polar surface area (TPSA) is 80.7 Å². The van der Waals surface area contributed by atoms with E-state index in [1.54, 1.807) is 5.01 Å². The van der Waals surface area contributed by atoms with Gasteiger partial charge < -0.3 is 10.6 Å². The van der Waals surface area contributed by atoms with Gasteiger partial charge in [-0.2, -0.15) is 0 Å². The zero-order chi connectivity index (χ0) is 22.0. The van der Waals surface area contributed by atoms with Crippen LogP contribution in [0.25, 0.3) is 0 Å². The summed E-state index contributed by atoms with van der Waals surface area (Å²) in [5.41, 5.74) is 1.47. The summed E-state index contributed by atoms with van der Waals surface area (Å²) in [4.78, 5) is 17.4. The van der Waals surface area contributed by atoms with E-state index < -0.39 is 17.5 Å². The number of carbonyl (C=O) groups excluding carboxylic acids is 1. The molecule has 1 amide bonds. The summed E-state index contributed by atoms with van der Waals surface area (Å²) in [7, 11) is 0. The van der Waals surface area contributed by atoms with Crippen molar-refractivity contribution in [1.29, 1.82) is 0 Å². The maximum atomic E-state index is 13.9. The largest absolute Gasteiger partial charge is 0.381 e. The van der Waals surface area contributed by atoms with Gasteiger partial charge in [0.1, 0.15) is 11.6 Å². The molecule has 9 heteroatoms. The number of hydroxylamine groups is 1. The maximum Gasteiger partial charge on any atom is 0.255 e. The predicted molar refractivity (Wildman–Crippen MR) is 113 cm³/mol. The lowest BCUT2D eigenvalue weighted by molar-refractivity contribution is -0.101. The Hall–Kier alpha value is -2.78. The molecule has 0 spiro atoms. The average molecular weight is 431 g/mol. The molecule has 0 unspecified atom stereocenters. The van der Waals surface area contributed by atoms with E-state index in [2.05, 4.69) is 15.6 Å². The lowest BCUT2D eigenvalue weighted by atomic mass is 9.94. The van der Waals surface area contributed by atoms with Crippen molar-refractivity contribution in [2.45, 2.75) is 58.2 Å². The van der Waals surface area contributed by atoms with Crippen molar-refractivity contribution in [2.24, 2.45) is 0 Å². The molecule has 1 saturated carbocycles. The Bertz CT molecular complexity index is 945. The van der Waals surface area contributed by atoms with Gasteiger partial charge in [0.15, 0.2) is 5.82 Å². The molecule has 2 aromatic rings. The van der Waals surface area contributed by atoms with E-state index in [0.29, 0.717) is 23.6 Å². The molecule has 0 saturated heterocycles. The summed E-state index contributed by atoms with van der Waals surface area (Å²) < 4.78 is 27.9. The fourth-order valence-corrected chi connectivity index (χ4v) is 4.32. The first-order valence-corrected chi connectivity index (χ1v) is 10.7. The Morgan fingerprint density at radius 2 is 1.94 bits per heavy atom. The first-order valence-electron chi connectivity index (χ1n) is 10.7. The number of carbonyl (C=O) groups is 1. The van der Waals surface area contributed by atoms with Crippen molar-refractivity contribution in [3.63, 3.8) is 0 Å². The van der Waals surface area contributed by atoms with Crippen LogP contribution in [0.4, 0.5) is 20.3 Å². The van der Waals surface area contributed by atoms with Gasteiger partial charge in [0.05, 0.1) is 17.8 Å². The van der Waals surface area contributed by atoms with Crippen molar-refractivity contribution in [1.82, 2.24) is 15.5 Å². The van der Waals surface area contributed by atoms with Crippen LogP contribution < -0.4 is 15.6 Å². The van der Waals surface area contributed by atoms with Gasteiger partial charge in [-0.15, -0.1) is 0 Å². The third-order valence-electron chi connectivity index (χ3n) is 5.96. The molecule has 3 N–H and O–H groups in total. The number of rotatable bonds is 6. The van der Waals surface area contributed by atoms with Gasteiger partial charge in [-0.05, 0) is 31.9 Å². The lowest BCUT2D eigenvalue weighted by Crippen LogP contribution is -2.34. The highest BCUT2D eigenvalue weighted by Gasteiger charge is 2.32. The van der Waals surface area contributed by atoms with Gasteiger partial charge >= 0.3 is 0 Å². The normalized spacial score (nSPS) is 17.0. The fraction of sp³-hybridized carbons (Fsp3) is 0.455. The summed E-state index contributed by atoms with van der Waals surface area (Å²) in [6, 6.07) is 3.82. The monoisotopic (exact) mass is 431 g/mol. The van der Waals surface area contributed by atoms with Gasteiger partial charge in [-0.25, -0.2) is 13.8 Å². The van der Waals surface area contributed by atoms with Crippen LogP contribution in [-0.2, 0) is 13.1 Å². The maximum absolute atomic E-state index is 13.9. The molecular formula is C22H27F2N5O2. The molecule has 1 aromatic heterocycles. The number of fused-ring (bicyclic) bond motifs is 1. The van der Waals surface area contributed by atoms with Crippen LogP contribution in [-0.4, -0.2) is 33.9 Å². The summed E-state index contributed by atoms with van der Waals surface area (Å²) in [5, 5.41) is 19.1. The van der Waals surface area contributed by atoms with E-state index in [9.17, 15) is 18.8 Å². The molecule has 2 heterocycles. The van der Waals surface area contributed by atoms with E-state index >= 15 is 0 Å². The molecule has 4 rings (SSSR count). The van der Waals surface area contributed by atoms with Crippen molar-refractivity contribution in [3.8, 4) is 0 Å². The van der Waals surface area contributed by atoms with Crippen LogP contribution in [0.2, 0.25) is 0 Å². The average Bonchev–Trinajstić information content (AvgIpc) is 3.09. The molecule has 1 fully saturated rings. The Balaban J connectivity index is 1.63. The summed E-state index contributed by atoms with van der Waals surface area (Å²) in [5.74, 6) is -1.29. The van der Waals surface area contributed by atoms with Crippen LogP contribution in [0.15, 0.2) is 24.4 Å². The Morgan fingerprint density at radius 1 is 1.23 bits per heavy atom. The Labute approximate surface area is 180 Å². The SMILES string of the molecule is CCN1c2ncc(C(=O)NCc3c(F)cccc3F)c(NC3CCCCC3)c2CN1O. The van der Waals surface area contributed by atoms with Crippen molar-refractivity contribution in [2.75, 3.05) is 16.9 Å². The Kier molecular flexibility index (Phi) is 6.33. The second-order valence-electron chi connectivity index (χ2n) is 7.96. The van der Waals surface area contributed by atoms with Crippen molar-refractivity contribution < 1.29 is 18.8 Å². The summed E-state index contributed by atoms with van der Waals surface area (Å²) in [6.07, 6.45) is 6.89. The molecule has 0 atom stereocenters. The Morgan fingerprint density at radius 3 is 2.61 bits per heavy atom. The third-order valence-corrected chi connectivity index (χ3v) is 5.96. The van der Waals surface area contributed by atoms with Crippen LogP contribution in [0.5, 0.6) is 0 Å². The number of nitrogens with zero attached hydrogens (tertiary/aromatic N) is 3. The standard InChI is InChI=1S/C22H27F2N5O2/c1-2-28-21-17(13-29(28)31)20(27-14-7-4-3-5-8-14)16(12-25-21)22(30)26-11-15-18(23)9-6-10-19(15)24/h6,9-10,12,14,31H,2-5,7-8,11,13H2,1H3,(H,25,27)(H,26,30). The molecule has 0 radical (unpaired) electrons. The van der Waals surface area contributed by atoms with Crippen LogP contribution >= 0.6 is 0 Å². The number of aromatic nitrogens is 1. The first kappa shape index (κ1) is 21.5. The zero-order valence-electron chi connectivity index (χ0n) is 17.5. The van der Waals surface area contributed by atoms with E-state index in [1.165, 1.54) is 18.7 Å². The highest BCUT2D eigenvalue weighted by molar-refractivity contribution is 6.01. The van der Waals surface area contributed by atoms with Crippen LogP contribution in [0.3, 0.4) is 0 Å². The summed E-state index contributed by atoms with van der Waals surface area (Å²) >= 11 is 0. The highest BCUT2D eigenvalue weighted by Crippen LogP contribution is 2.37. The van der Waals surface area contributed by atoms with E-state index in [0.717, 1.165) is 48.6 Å². The van der Waals surface area contributed by atoms with Crippen molar-refractivity contribution >= 4 is 17.4 Å². The minimum Gasteiger partial charge on any atom is -0.381 e. The van der Waals surface area contributed by atoms with Gasteiger partial charge in [-0.3, -0.25) is 15.0 Å². The van der Waals surface area contributed by atoms with E-state index in [4.69, 9.17) is 0 Å². The molecule has 7 nitrogen and oxygen atoms in total. The number of nitrogens with one attached hydrogen (secondary N) is 2. The third kappa shape index (κ3) is 4.33. The van der Waals surface area contributed by atoms with Crippen molar-refractivity contribution in [3.05, 3.63) is 52.7 Å². The molecule has 1 aromatic carbocycles. The number of amides is 1. The molecule has 1 aliphatic heterocycles. The second kappa shape index (κ2) is 9.15. The summed E-state index contributed by atoms with van der Waals surface area (Å²) in [6.45, 7) is 2.36. The molecule has 166 valence electrons. The number of benzene rings is 1. The van der Waals surface area contributed by atoms with E-state index in [-0.39, 0.29) is 24.7 Å². The number of hydrazine groups is 1. The second-order valence-corrected chi connectivity index (χ2v) is 7.96. The molecular weight excluding hydrogens is 404 g/mol. The number of hydrogen-bond acceptors (Lipinski definition) is 6.